The number of carboxylic acid groups (broad SMARTS) is 1. The van der Waals surface area contributed by atoms with Gasteiger partial charge in [0.25, 0.3) is 0 Å². The third-order valence-electron chi connectivity index (χ3n) is 3.50. The topological polar surface area (TPSA) is 40.5 Å². The molecule has 0 radical (unpaired) electrons. The zero-order chi connectivity index (χ0) is 13.2. The summed E-state index contributed by atoms with van der Waals surface area (Å²) in [6.07, 6.45) is 1.00. The standard InChI is InChI=1S/C15H15NO2S/c17-15(18)12-4-3-11-5-6-16(9-13(11)8-12)10-14-2-1-7-19-14/h1-4,7-8H,5-6,9-10H2,(H,17,18). The van der Waals surface area contributed by atoms with Gasteiger partial charge in [-0.05, 0) is 41.1 Å². The highest BCUT2D eigenvalue weighted by molar-refractivity contribution is 7.09. The molecule has 0 bridgehead atoms. The van der Waals surface area contributed by atoms with E-state index in [1.165, 1.54) is 10.4 Å². The second-order valence-electron chi connectivity index (χ2n) is 4.83. The summed E-state index contributed by atoms with van der Waals surface area (Å²) in [4.78, 5) is 14.7. The Morgan fingerprint density at radius 2 is 2.21 bits per heavy atom. The molecule has 0 aliphatic carbocycles. The van der Waals surface area contributed by atoms with Gasteiger partial charge < -0.3 is 5.11 Å². The molecule has 1 aromatic heterocycles. The molecule has 2 heterocycles. The normalized spacial score (nSPS) is 15.2. The second-order valence-corrected chi connectivity index (χ2v) is 5.86. The molecule has 0 atom stereocenters. The summed E-state index contributed by atoms with van der Waals surface area (Å²) < 4.78 is 0. The first-order valence-electron chi connectivity index (χ1n) is 6.32. The fourth-order valence-corrected chi connectivity index (χ4v) is 3.25. The lowest BCUT2D eigenvalue weighted by Crippen LogP contribution is -2.29. The average Bonchev–Trinajstić information content (AvgIpc) is 2.90. The number of carbonyl (C=O) groups is 1. The van der Waals surface area contributed by atoms with Crippen LogP contribution in [-0.2, 0) is 19.5 Å². The summed E-state index contributed by atoms with van der Waals surface area (Å²) >= 11 is 1.77. The fraction of sp³-hybridized carbons (Fsp3) is 0.267. The van der Waals surface area contributed by atoms with Gasteiger partial charge in [0.2, 0.25) is 0 Å². The quantitative estimate of drug-likeness (QED) is 0.934. The van der Waals surface area contributed by atoms with E-state index in [1.54, 1.807) is 17.4 Å². The van der Waals surface area contributed by atoms with E-state index in [-0.39, 0.29) is 0 Å². The number of aromatic carboxylic acids is 1. The highest BCUT2D eigenvalue weighted by Gasteiger charge is 2.18. The van der Waals surface area contributed by atoms with Gasteiger partial charge >= 0.3 is 5.97 Å². The summed E-state index contributed by atoms with van der Waals surface area (Å²) in [6, 6.07) is 9.70. The van der Waals surface area contributed by atoms with Gasteiger partial charge in [-0.15, -0.1) is 11.3 Å². The summed E-state index contributed by atoms with van der Waals surface area (Å²) in [6.45, 7) is 2.83. The van der Waals surface area contributed by atoms with Crippen LogP contribution >= 0.6 is 11.3 Å². The molecular weight excluding hydrogens is 258 g/mol. The minimum absolute atomic E-state index is 0.386. The average molecular weight is 273 g/mol. The lowest BCUT2D eigenvalue weighted by molar-refractivity contribution is 0.0696. The highest BCUT2D eigenvalue weighted by Crippen LogP contribution is 2.23. The van der Waals surface area contributed by atoms with Crippen LogP contribution in [0.3, 0.4) is 0 Å². The lowest BCUT2D eigenvalue weighted by Gasteiger charge is -2.28. The molecule has 3 rings (SSSR count). The SMILES string of the molecule is O=C(O)c1ccc2c(c1)CN(Cc1cccs1)CC2. The molecule has 0 amide bonds. The van der Waals surface area contributed by atoms with E-state index in [4.69, 9.17) is 5.11 Å². The van der Waals surface area contributed by atoms with Crippen LogP contribution in [0.25, 0.3) is 0 Å². The number of nitrogens with zero attached hydrogens (tertiary/aromatic N) is 1. The van der Waals surface area contributed by atoms with E-state index < -0.39 is 5.97 Å². The molecule has 0 saturated carbocycles. The van der Waals surface area contributed by atoms with Crippen molar-refractivity contribution < 1.29 is 9.90 Å². The van der Waals surface area contributed by atoms with Gasteiger partial charge in [0.05, 0.1) is 5.56 Å². The number of hydrogen-bond acceptors (Lipinski definition) is 3. The predicted molar refractivity (Wildman–Crippen MR) is 75.5 cm³/mol. The Morgan fingerprint density at radius 1 is 1.32 bits per heavy atom. The van der Waals surface area contributed by atoms with Crippen molar-refractivity contribution in [2.75, 3.05) is 6.54 Å². The zero-order valence-electron chi connectivity index (χ0n) is 10.5. The molecule has 0 saturated heterocycles. The van der Waals surface area contributed by atoms with Crippen LogP contribution in [0.2, 0.25) is 0 Å². The molecule has 98 valence electrons. The van der Waals surface area contributed by atoms with Gasteiger partial charge in [-0.2, -0.15) is 0 Å². The van der Waals surface area contributed by atoms with E-state index in [9.17, 15) is 4.79 Å². The van der Waals surface area contributed by atoms with Crippen LogP contribution < -0.4 is 0 Å². The van der Waals surface area contributed by atoms with Crippen LogP contribution in [0.5, 0.6) is 0 Å². The van der Waals surface area contributed by atoms with Gasteiger partial charge in [-0.25, -0.2) is 4.79 Å². The summed E-state index contributed by atoms with van der Waals surface area (Å²) in [5.41, 5.74) is 2.83. The smallest absolute Gasteiger partial charge is 0.335 e. The van der Waals surface area contributed by atoms with Crippen molar-refractivity contribution in [3.63, 3.8) is 0 Å². The van der Waals surface area contributed by atoms with Crippen molar-refractivity contribution in [3.8, 4) is 0 Å². The van der Waals surface area contributed by atoms with Crippen molar-refractivity contribution in [1.82, 2.24) is 4.90 Å². The molecule has 4 heteroatoms. The Kier molecular flexibility index (Phi) is 3.36. The van der Waals surface area contributed by atoms with Crippen LogP contribution in [-0.4, -0.2) is 22.5 Å². The molecular formula is C15H15NO2S. The molecule has 1 aliphatic rings. The largest absolute Gasteiger partial charge is 0.478 e. The van der Waals surface area contributed by atoms with Crippen LogP contribution in [0, 0.1) is 0 Å². The van der Waals surface area contributed by atoms with Crippen molar-refractivity contribution in [3.05, 3.63) is 57.3 Å². The first-order chi connectivity index (χ1) is 9.22. The van der Waals surface area contributed by atoms with Gasteiger partial charge in [-0.1, -0.05) is 12.1 Å². The van der Waals surface area contributed by atoms with E-state index >= 15 is 0 Å². The van der Waals surface area contributed by atoms with E-state index in [0.29, 0.717) is 5.56 Å². The number of fused-ring (bicyclic) bond motifs is 1. The first kappa shape index (κ1) is 12.4. The number of rotatable bonds is 3. The van der Waals surface area contributed by atoms with Gasteiger partial charge in [-0.3, -0.25) is 4.90 Å². The zero-order valence-corrected chi connectivity index (χ0v) is 11.3. The number of hydrogen-bond donors (Lipinski definition) is 1. The number of carboxylic acids is 1. The van der Waals surface area contributed by atoms with Crippen molar-refractivity contribution >= 4 is 17.3 Å². The van der Waals surface area contributed by atoms with Gasteiger partial charge in [0.15, 0.2) is 0 Å². The first-order valence-corrected chi connectivity index (χ1v) is 7.20. The second kappa shape index (κ2) is 5.15. The minimum atomic E-state index is -0.849. The van der Waals surface area contributed by atoms with Crippen molar-refractivity contribution in [1.29, 1.82) is 0 Å². The summed E-state index contributed by atoms with van der Waals surface area (Å²) in [7, 11) is 0. The monoisotopic (exact) mass is 273 g/mol. The molecule has 19 heavy (non-hydrogen) atoms. The Hall–Kier alpha value is -1.65. The van der Waals surface area contributed by atoms with Crippen molar-refractivity contribution in [2.24, 2.45) is 0 Å². The molecule has 0 spiro atoms. The molecule has 1 aliphatic heterocycles. The third-order valence-corrected chi connectivity index (χ3v) is 4.37. The van der Waals surface area contributed by atoms with Gasteiger partial charge in [0, 0.05) is 24.5 Å². The molecule has 0 unspecified atom stereocenters. The van der Waals surface area contributed by atoms with Crippen LogP contribution in [0.1, 0.15) is 26.4 Å². The number of thiophene rings is 1. The highest BCUT2D eigenvalue weighted by atomic mass is 32.1. The molecule has 1 aromatic carbocycles. The van der Waals surface area contributed by atoms with Crippen LogP contribution in [0.15, 0.2) is 35.7 Å². The Balaban J connectivity index is 1.78. The van der Waals surface area contributed by atoms with Crippen molar-refractivity contribution in [2.45, 2.75) is 19.5 Å². The van der Waals surface area contributed by atoms with E-state index in [0.717, 1.165) is 31.6 Å². The molecule has 2 aromatic rings. The maximum atomic E-state index is 11.0. The predicted octanol–water partition coefficient (Wildman–Crippen LogP) is 3.00. The van der Waals surface area contributed by atoms with Crippen LogP contribution in [0.4, 0.5) is 0 Å². The molecule has 3 nitrogen and oxygen atoms in total. The number of benzene rings is 1. The van der Waals surface area contributed by atoms with Gasteiger partial charge in [0.1, 0.15) is 0 Å². The Morgan fingerprint density at radius 3 is 2.95 bits per heavy atom. The Bertz CT molecular complexity index is 592. The molecule has 0 fully saturated rings. The summed E-state index contributed by atoms with van der Waals surface area (Å²) in [5.74, 6) is -0.849. The maximum Gasteiger partial charge on any atom is 0.335 e. The third kappa shape index (κ3) is 2.69. The molecule has 1 N–H and O–H groups in total. The maximum absolute atomic E-state index is 11.0. The lowest BCUT2D eigenvalue weighted by atomic mass is 9.97. The minimum Gasteiger partial charge on any atom is -0.478 e. The summed E-state index contributed by atoms with van der Waals surface area (Å²) in [5, 5.41) is 11.1. The fourth-order valence-electron chi connectivity index (χ4n) is 2.51. The van der Waals surface area contributed by atoms with E-state index in [2.05, 4.69) is 22.4 Å². The van der Waals surface area contributed by atoms with E-state index in [1.807, 2.05) is 12.1 Å². The Labute approximate surface area is 116 Å².